The highest BCUT2D eigenvalue weighted by molar-refractivity contribution is 6.51. The molecule has 1 aliphatic heterocycles. The lowest BCUT2D eigenvalue weighted by atomic mass is 9.94. The first-order valence-corrected chi connectivity index (χ1v) is 10.5. The van der Waals surface area contributed by atoms with Gasteiger partial charge in [-0.2, -0.15) is 0 Å². The third kappa shape index (κ3) is 3.82. The van der Waals surface area contributed by atoms with E-state index in [1.54, 1.807) is 0 Å². The standard InChI is InChI=1S/C27H24FNO3/c1-16(2)18-9-13-22(14-10-18)29-24(20-6-4-5-17(3)15-20)23(26(31)27(29)32)25(30)19-7-11-21(28)12-8-19/h4-16,24,30H,1-3H3/b25-23-. The number of aliphatic hydroxyl groups excluding tert-OH is 1. The highest BCUT2D eigenvalue weighted by Gasteiger charge is 2.47. The summed E-state index contributed by atoms with van der Waals surface area (Å²) in [7, 11) is 0. The largest absolute Gasteiger partial charge is 0.507 e. The summed E-state index contributed by atoms with van der Waals surface area (Å²) in [5.74, 6) is -1.94. The van der Waals surface area contributed by atoms with Crippen LogP contribution in [0.1, 0.15) is 48.1 Å². The Kier molecular flexibility index (Phi) is 5.66. The van der Waals surface area contributed by atoms with Crippen LogP contribution in [0.4, 0.5) is 10.1 Å². The molecule has 1 heterocycles. The first-order valence-electron chi connectivity index (χ1n) is 10.5. The van der Waals surface area contributed by atoms with E-state index in [-0.39, 0.29) is 16.9 Å². The van der Waals surface area contributed by atoms with Crippen molar-refractivity contribution < 1.29 is 19.1 Å². The molecule has 1 aliphatic rings. The van der Waals surface area contributed by atoms with Gasteiger partial charge in [-0.25, -0.2) is 4.39 Å². The third-order valence-corrected chi connectivity index (χ3v) is 5.76. The van der Waals surface area contributed by atoms with Crippen LogP contribution >= 0.6 is 0 Å². The van der Waals surface area contributed by atoms with E-state index >= 15 is 0 Å². The number of hydrogen-bond donors (Lipinski definition) is 1. The van der Waals surface area contributed by atoms with Crippen molar-refractivity contribution in [2.45, 2.75) is 32.7 Å². The maximum atomic E-state index is 13.4. The lowest BCUT2D eigenvalue weighted by Crippen LogP contribution is -2.29. The number of ketones is 1. The van der Waals surface area contributed by atoms with Gasteiger partial charge >= 0.3 is 0 Å². The Morgan fingerprint density at radius 3 is 2.22 bits per heavy atom. The molecule has 0 bridgehead atoms. The Morgan fingerprint density at radius 1 is 0.969 bits per heavy atom. The number of rotatable bonds is 4. The SMILES string of the molecule is Cc1cccc(C2/C(=C(/O)c3ccc(F)cc3)C(=O)C(=O)N2c2ccc(C(C)C)cc2)c1. The third-order valence-electron chi connectivity index (χ3n) is 5.76. The Morgan fingerprint density at radius 2 is 1.62 bits per heavy atom. The molecular formula is C27H24FNO3. The zero-order valence-corrected chi connectivity index (χ0v) is 18.2. The summed E-state index contributed by atoms with van der Waals surface area (Å²) in [6, 6.07) is 19.4. The molecule has 1 saturated heterocycles. The fraction of sp³-hybridized carbons (Fsp3) is 0.185. The lowest BCUT2D eigenvalue weighted by molar-refractivity contribution is -0.132. The minimum Gasteiger partial charge on any atom is -0.507 e. The van der Waals surface area contributed by atoms with Crippen LogP contribution in [-0.2, 0) is 9.59 Å². The van der Waals surface area contributed by atoms with Crippen LogP contribution in [0.3, 0.4) is 0 Å². The smallest absolute Gasteiger partial charge is 0.300 e. The molecule has 0 aromatic heterocycles. The first-order chi connectivity index (χ1) is 15.3. The summed E-state index contributed by atoms with van der Waals surface area (Å²) in [5.41, 5.74) is 3.62. The van der Waals surface area contributed by atoms with E-state index in [4.69, 9.17) is 0 Å². The molecule has 4 rings (SSSR count). The molecule has 0 radical (unpaired) electrons. The quantitative estimate of drug-likeness (QED) is 0.320. The Balaban J connectivity index is 1.91. The van der Waals surface area contributed by atoms with E-state index in [2.05, 4.69) is 13.8 Å². The fourth-order valence-corrected chi connectivity index (χ4v) is 4.04. The summed E-state index contributed by atoms with van der Waals surface area (Å²) >= 11 is 0. The zero-order chi connectivity index (χ0) is 23.0. The van der Waals surface area contributed by atoms with Crippen LogP contribution in [0.25, 0.3) is 5.76 Å². The summed E-state index contributed by atoms with van der Waals surface area (Å²) in [6.07, 6.45) is 0. The highest BCUT2D eigenvalue weighted by Crippen LogP contribution is 2.42. The molecular weight excluding hydrogens is 405 g/mol. The summed E-state index contributed by atoms with van der Waals surface area (Å²) in [4.78, 5) is 27.7. The van der Waals surface area contributed by atoms with E-state index in [9.17, 15) is 19.1 Å². The molecule has 1 N–H and O–H groups in total. The minimum absolute atomic E-state index is 0.0138. The van der Waals surface area contributed by atoms with Crippen molar-refractivity contribution in [2.24, 2.45) is 0 Å². The predicted molar refractivity (Wildman–Crippen MR) is 123 cm³/mol. The Labute approximate surface area is 186 Å². The average Bonchev–Trinajstić information content (AvgIpc) is 3.04. The maximum absolute atomic E-state index is 13.4. The highest BCUT2D eigenvalue weighted by atomic mass is 19.1. The molecule has 0 aliphatic carbocycles. The predicted octanol–water partition coefficient (Wildman–Crippen LogP) is 5.88. The van der Waals surface area contributed by atoms with Gasteiger partial charge < -0.3 is 5.11 Å². The van der Waals surface area contributed by atoms with E-state index in [1.165, 1.54) is 29.2 Å². The number of carbonyl (C=O) groups is 2. The molecule has 1 fully saturated rings. The van der Waals surface area contributed by atoms with Crippen LogP contribution in [0.5, 0.6) is 0 Å². The van der Waals surface area contributed by atoms with Gasteiger partial charge in [-0.15, -0.1) is 0 Å². The van der Waals surface area contributed by atoms with Crippen LogP contribution in [0.15, 0.2) is 78.4 Å². The maximum Gasteiger partial charge on any atom is 0.300 e. The van der Waals surface area contributed by atoms with Crippen LogP contribution in [-0.4, -0.2) is 16.8 Å². The van der Waals surface area contributed by atoms with Crippen molar-refractivity contribution in [3.63, 3.8) is 0 Å². The number of nitrogens with zero attached hydrogens (tertiary/aromatic N) is 1. The molecule has 1 amide bonds. The fourth-order valence-electron chi connectivity index (χ4n) is 4.04. The van der Waals surface area contributed by atoms with E-state index in [0.717, 1.165) is 11.1 Å². The number of amides is 1. The number of benzene rings is 3. The number of aryl methyl sites for hydroxylation is 1. The van der Waals surface area contributed by atoms with Gasteiger partial charge in [0, 0.05) is 11.3 Å². The van der Waals surface area contributed by atoms with Crippen LogP contribution in [0.2, 0.25) is 0 Å². The Hall–Kier alpha value is -3.73. The molecule has 5 heteroatoms. The van der Waals surface area contributed by atoms with Gasteiger partial charge in [-0.3, -0.25) is 14.5 Å². The van der Waals surface area contributed by atoms with Crippen LogP contribution < -0.4 is 4.90 Å². The van der Waals surface area contributed by atoms with Gasteiger partial charge in [0.1, 0.15) is 11.6 Å². The lowest BCUT2D eigenvalue weighted by Gasteiger charge is -2.26. The molecule has 0 spiro atoms. The summed E-state index contributed by atoms with van der Waals surface area (Å²) in [6.45, 7) is 6.08. The number of halogens is 1. The Bertz CT molecular complexity index is 1210. The van der Waals surface area contributed by atoms with Crippen molar-refractivity contribution >= 4 is 23.1 Å². The van der Waals surface area contributed by atoms with E-state index in [0.29, 0.717) is 17.2 Å². The van der Waals surface area contributed by atoms with Gasteiger partial charge in [0.05, 0.1) is 11.6 Å². The second kappa shape index (κ2) is 8.42. The van der Waals surface area contributed by atoms with Crippen molar-refractivity contribution in [1.29, 1.82) is 0 Å². The molecule has 1 atom stereocenters. The van der Waals surface area contributed by atoms with Crippen LogP contribution in [0, 0.1) is 12.7 Å². The second-order valence-electron chi connectivity index (χ2n) is 8.34. The summed E-state index contributed by atoms with van der Waals surface area (Å²) < 4.78 is 13.4. The van der Waals surface area contributed by atoms with Gasteiger partial charge in [-0.1, -0.05) is 55.8 Å². The molecule has 32 heavy (non-hydrogen) atoms. The van der Waals surface area contributed by atoms with Crippen molar-refractivity contribution in [2.75, 3.05) is 4.90 Å². The molecule has 0 saturated carbocycles. The number of anilines is 1. The average molecular weight is 429 g/mol. The van der Waals surface area contributed by atoms with Crippen molar-refractivity contribution in [1.82, 2.24) is 0 Å². The normalized spacial score (nSPS) is 17.9. The van der Waals surface area contributed by atoms with E-state index in [1.807, 2.05) is 55.5 Å². The number of hydrogen-bond acceptors (Lipinski definition) is 3. The van der Waals surface area contributed by atoms with Gasteiger partial charge in [0.25, 0.3) is 11.7 Å². The molecule has 4 nitrogen and oxygen atoms in total. The molecule has 3 aromatic rings. The zero-order valence-electron chi connectivity index (χ0n) is 18.2. The number of Topliss-reactive ketones (excluding diaryl/α,β-unsaturated/α-hetero) is 1. The molecule has 3 aromatic carbocycles. The minimum atomic E-state index is -0.801. The molecule has 162 valence electrons. The van der Waals surface area contributed by atoms with Crippen molar-refractivity contribution in [3.8, 4) is 0 Å². The second-order valence-corrected chi connectivity index (χ2v) is 8.34. The summed E-state index contributed by atoms with van der Waals surface area (Å²) in [5, 5.41) is 11.0. The van der Waals surface area contributed by atoms with Gasteiger partial charge in [0.2, 0.25) is 0 Å². The van der Waals surface area contributed by atoms with Gasteiger partial charge in [0.15, 0.2) is 0 Å². The topological polar surface area (TPSA) is 57.6 Å². The first kappa shape index (κ1) is 21.5. The van der Waals surface area contributed by atoms with Gasteiger partial charge in [-0.05, 0) is 60.4 Å². The number of aliphatic hydroxyl groups is 1. The number of carbonyl (C=O) groups excluding carboxylic acids is 2. The van der Waals surface area contributed by atoms with Crippen molar-refractivity contribution in [3.05, 3.63) is 106 Å². The van der Waals surface area contributed by atoms with E-state index < -0.39 is 23.5 Å². The molecule has 1 unspecified atom stereocenters. The monoisotopic (exact) mass is 429 g/mol.